The molecule has 0 fully saturated rings. The number of carbonyl (C=O) groups is 2. The Kier molecular flexibility index (Phi) is 4.51. The van der Waals surface area contributed by atoms with E-state index in [2.05, 4.69) is 15.0 Å². The van der Waals surface area contributed by atoms with E-state index in [4.69, 9.17) is 5.53 Å². The average Bonchev–Trinajstić information content (AvgIpc) is 1.97. The maximum atomic E-state index is 10.5. The number of Topliss-reactive ketones (excluding diaryl/α,β-unsaturated/α-hetero) is 1. The Bertz CT molecular complexity index is 207. The van der Waals surface area contributed by atoms with Gasteiger partial charge in [-0.2, -0.15) is 0 Å². The summed E-state index contributed by atoms with van der Waals surface area (Å²) in [6.07, 6.45) is 0.0636. The minimum atomic E-state index is -0.696. The first-order valence-corrected chi connectivity index (χ1v) is 2.90. The van der Waals surface area contributed by atoms with Crippen molar-refractivity contribution in [3.63, 3.8) is 0 Å². The van der Waals surface area contributed by atoms with E-state index in [1.807, 2.05) is 0 Å². The maximum Gasteiger partial charge on any atom is 0.318 e. The third-order valence-electron chi connectivity index (χ3n) is 0.860. The molecule has 60 valence electrons. The van der Waals surface area contributed by atoms with Gasteiger partial charge in [0.25, 0.3) is 0 Å². The summed E-state index contributed by atoms with van der Waals surface area (Å²) in [5, 5.41) is 2.57. The third kappa shape index (κ3) is 6.33. The van der Waals surface area contributed by atoms with Crippen molar-refractivity contribution in [1.29, 1.82) is 0 Å². The van der Waals surface area contributed by atoms with Crippen molar-refractivity contribution in [3.05, 3.63) is 10.4 Å². The first-order valence-electron chi connectivity index (χ1n) is 2.90. The SMILES string of the molecule is CC(=O)CCC(=O)ON=[N+]=[N-]. The Morgan fingerprint density at radius 3 is 2.64 bits per heavy atom. The molecule has 0 aromatic rings. The van der Waals surface area contributed by atoms with Crippen LogP contribution in [-0.4, -0.2) is 11.8 Å². The zero-order valence-corrected chi connectivity index (χ0v) is 5.98. The first kappa shape index (κ1) is 9.45. The molecule has 0 unspecified atom stereocenters. The molecular formula is C5H7N3O3. The van der Waals surface area contributed by atoms with Gasteiger partial charge in [-0.05, 0) is 12.5 Å². The van der Waals surface area contributed by atoms with Crippen LogP contribution in [0.3, 0.4) is 0 Å². The van der Waals surface area contributed by atoms with Crippen molar-refractivity contribution in [2.24, 2.45) is 5.28 Å². The van der Waals surface area contributed by atoms with Gasteiger partial charge in [-0.1, -0.05) is 0 Å². The Morgan fingerprint density at radius 2 is 2.18 bits per heavy atom. The first-order chi connectivity index (χ1) is 5.16. The van der Waals surface area contributed by atoms with Crippen molar-refractivity contribution >= 4 is 11.8 Å². The average molecular weight is 157 g/mol. The Balaban J connectivity index is 3.53. The van der Waals surface area contributed by atoms with Gasteiger partial charge in [-0.25, -0.2) is 0 Å². The fourth-order valence-electron chi connectivity index (χ4n) is 0.388. The van der Waals surface area contributed by atoms with Crippen LogP contribution in [0.4, 0.5) is 0 Å². The number of azide groups is 1. The second-order valence-corrected chi connectivity index (χ2v) is 1.84. The van der Waals surface area contributed by atoms with Crippen LogP contribution >= 0.6 is 0 Å². The summed E-state index contributed by atoms with van der Waals surface area (Å²) in [5.74, 6) is -0.805. The van der Waals surface area contributed by atoms with Gasteiger partial charge in [0.1, 0.15) is 11.1 Å². The summed E-state index contributed by atoms with van der Waals surface area (Å²) < 4.78 is 0. The molecule has 11 heavy (non-hydrogen) atoms. The molecule has 0 aliphatic rings. The van der Waals surface area contributed by atoms with Crippen LogP contribution in [0, 0.1) is 0 Å². The molecule has 0 bridgehead atoms. The minimum absolute atomic E-state index is 0.0473. The highest BCUT2D eigenvalue weighted by molar-refractivity contribution is 5.80. The molecule has 0 saturated heterocycles. The molecule has 0 N–H and O–H groups in total. The van der Waals surface area contributed by atoms with Gasteiger partial charge in [-0.15, -0.1) is 0 Å². The van der Waals surface area contributed by atoms with Gasteiger partial charge < -0.3 is 9.63 Å². The molecule has 0 aliphatic carbocycles. The molecule has 0 aromatic heterocycles. The number of carbonyl (C=O) groups excluding carboxylic acids is 2. The summed E-state index contributed by atoms with van der Waals surface area (Å²) >= 11 is 0. The van der Waals surface area contributed by atoms with Gasteiger partial charge in [-0.3, -0.25) is 4.79 Å². The molecule has 0 aromatic carbocycles. The lowest BCUT2D eigenvalue weighted by Crippen LogP contribution is -2.01. The molecule has 6 nitrogen and oxygen atoms in total. The van der Waals surface area contributed by atoms with E-state index in [0.29, 0.717) is 0 Å². The van der Waals surface area contributed by atoms with Crippen LogP contribution in [0.1, 0.15) is 19.8 Å². The van der Waals surface area contributed by atoms with E-state index in [1.54, 1.807) is 0 Å². The predicted molar refractivity (Wildman–Crippen MR) is 35.2 cm³/mol. The summed E-state index contributed by atoms with van der Waals surface area (Å²) in [5.41, 5.74) is 7.71. The predicted octanol–water partition coefficient (Wildman–Crippen LogP) is 1.12. The molecule has 0 saturated carbocycles. The van der Waals surface area contributed by atoms with Crippen molar-refractivity contribution in [2.75, 3.05) is 0 Å². The molecule has 0 radical (unpaired) electrons. The number of nitrogens with zero attached hydrogens (tertiary/aromatic N) is 3. The van der Waals surface area contributed by atoms with Crippen LogP contribution in [0.2, 0.25) is 0 Å². The van der Waals surface area contributed by atoms with Crippen LogP contribution in [-0.2, 0) is 14.4 Å². The molecule has 0 atom stereocenters. The zero-order chi connectivity index (χ0) is 8.69. The fraction of sp³-hybridized carbons (Fsp3) is 0.600. The smallest absolute Gasteiger partial charge is 0.318 e. The fourth-order valence-corrected chi connectivity index (χ4v) is 0.388. The van der Waals surface area contributed by atoms with Crippen molar-refractivity contribution in [3.8, 4) is 0 Å². The topological polar surface area (TPSA) is 92.1 Å². The lowest BCUT2D eigenvalue weighted by atomic mass is 10.2. The summed E-state index contributed by atoms with van der Waals surface area (Å²) in [4.78, 5) is 26.9. The van der Waals surface area contributed by atoms with Gasteiger partial charge in [0.15, 0.2) is 0 Å². The monoisotopic (exact) mass is 157 g/mol. The van der Waals surface area contributed by atoms with E-state index in [9.17, 15) is 9.59 Å². The highest BCUT2D eigenvalue weighted by Crippen LogP contribution is 1.93. The molecule has 0 spiro atoms. The quantitative estimate of drug-likeness (QED) is 0.265. The maximum absolute atomic E-state index is 10.5. The third-order valence-corrected chi connectivity index (χ3v) is 0.860. The number of hydrogen-bond donors (Lipinski definition) is 0. The summed E-state index contributed by atoms with van der Waals surface area (Å²) in [7, 11) is 0. The molecule has 0 amide bonds. The van der Waals surface area contributed by atoms with E-state index in [1.165, 1.54) is 6.92 Å². The van der Waals surface area contributed by atoms with Crippen molar-refractivity contribution in [1.82, 2.24) is 0 Å². The van der Waals surface area contributed by atoms with Gasteiger partial charge in [0.2, 0.25) is 0 Å². The molecular weight excluding hydrogens is 150 g/mol. The van der Waals surface area contributed by atoms with Crippen LogP contribution in [0.5, 0.6) is 0 Å². The molecule has 0 heterocycles. The van der Waals surface area contributed by atoms with Gasteiger partial charge in [0.05, 0.1) is 6.42 Å². The summed E-state index contributed by atoms with van der Waals surface area (Å²) in [6, 6.07) is 0. The highest BCUT2D eigenvalue weighted by atomic mass is 16.7. The van der Waals surface area contributed by atoms with Crippen molar-refractivity contribution < 1.29 is 14.4 Å². The second kappa shape index (κ2) is 5.25. The number of rotatable bonds is 4. The van der Waals surface area contributed by atoms with Crippen LogP contribution < -0.4 is 0 Å². The Labute approximate surface area is 62.7 Å². The van der Waals surface area contributed by atoms with E-state index in [0.717, 1.165) is 0 Å². The van der Waals surface area contributed by atoms with E-state index in [-0.39, 0.29) is 18.6 Å². The molecule has 0 rings (SSSR count). The lowest BCUT2D eigenvalue weighted by Gasteiger charge is -1.92. The van der Waals surface area contributed by atoms with E-state index >= 15 is 0 Å². The lowest BCUT2D eigenvalue weighted by molar-refractivity contribution is -0.145. The Hall–Kier alpha value is -1.55. The van der Waals surface area contributed by atoms with Crippen LogP contribution in [0.15, 0.2) is 5.28 Å². The van der Waals surface area contributed by atoms with Crippen LogP contribution in [0.25, 0.3) is 10.4 Å². The zero-order valence-electron chi connectivity index (χ0n) is 5.98. The summed E-state index contributed by atoms with van der Waals surface area (Å²) in [6.45, 7) is 1.36. The normalized spacial score (nSPS) is 8.09. The highest BCUT2D eigenvalue weighted by Gasteiger charge is 2.02. The van der Waals surface area contributed by atoms with Gasteiger partial charge >= 0.3 is 5.97 Å². The second-order valence-electron chi connectivity index (χ2n) is 1.84. The Morgan fingerprint density at radius 1 is 1.55 bits per heavy atom. The molecule has 6 heteroatoms. The largest absolute Gasteiger partial charge is 0.359 e. The number of hydrogen-bond acceptors (Lipinski definition) is 4. The van der Waals surface area contributed by atoms with Crippen molar-refractivity contribution in [2.45, 2.75) is 19.8 Å². The molecule has 0 aliphatic heterocycles. The van der Waals surface area contributed by atoms with Gasteiger partial charge in [0, 0.05) is 11.3 Å². The standard InChI is InChI=1S/C5H7N3O3/c1-4(9)2-3-5(10)11-8-7-6/h2-3H2,1H3. The van der Waals surface area contributed by atoms with E-state index < -0.39 is 5.97 Å². The minimum Gasteiger partial charge on any atom is -0.359 e. The number of ketones is 1.